The molecule has 0 amide bonds. The Bertz CT molecular complexity index is 243. The van der Waals surface area contributed by atoms with E-state index in [1.54, 1.807) is 0 Å². The van der Waals surface area contributed by atoms with Crippen LogP contribution in [0.2, 0.25) is 0 Å². The number of hydrogen-bond acceptors (Lipinski definition) is 0. The van der Waals surface area contributed by atoms with Gasteiger partial charge in [0.2, 0.25) is 0 Å². The van der Waals surface area contributed by atoms with Gasteiger partial charge in [-0.3, -0.25) is 0 Å². The van der Waals surface area contributed by atoms with Crippen LogP contribution in [0, 0.1) is 11.8 Å². The smallest absolute Gasteiger partial charge is 0.0257 e. The summed E-state index contributed by atoms with van der Waals surface area (Å²) in [6, 6.07) is 10.6. The molecule has 1 aromatic carbocycles. The fraction of sp³-hybridized carbons (Fsp3) is 0.538. The number of hydrogen-bond donors (Lipinski definition) is 0. The highest BCUT2D eigenvalue weighted by Crippen LogP contribution is 2.21. The lowest BCUT2D eigenvalue weighted by Gasteiger charge is -2.20. The molecule has 0 nitrogen and oxygen atoms in total. The maximum Gasteiger partial charge on any atom is 0.0257 e. The monoisotopic (exact) mass is 210 g/mol. The molecule has 2 atom stereocenters. The summed E-state index contributed by atoms with van der Waals surface area (Å²) in [6.45, 7) is 4.52. The molecule has 1 rings (SSSR count). The second kappa shape index (κ2) is 6.08. The van der Waals surface area contributed by atoms with Gasteiger partial charge in [0.1, 0.15) is 0 Å². The van der Waals surface area contributed by atoms with Gasteiger partial charge in [0.25, 0.3) is 0 Å². The van der Waals surface area contributed by atoms with E-state index in [2.05, 4.69) is 44.2 Å². The van der Waals surface area contributed by atoms with Crippen molar-refractivity contribution < 1.29 is 0 Å². The number of benzene rings is 1. The molecule has 1 aromatic rings. The first-order chi connectivity index (χ1) is 6.77. The Balaban J connectivity index is 2.57. The normalized spacial score (nSPS) is 15.1. The molecule has 0 saturated heterocycles. The first kappa shape index (κ1) is 11.6. The summed E-state index contributed by atoms with van der Waals surface area (Å²) in [7, 11) is 0. The van der Waals surface area contributed by atoms with Gasteiger partial charge in [0.15, 0.2) is 0 Å². The Morgan fingerprint density at radius 3 is 2.36 bits per heavy atom. The summed E-state index contributed by atoms with van der Waals surface area (Å²) in [4.78, 5) is 0. The highest BCUT2D eigenvalue weighted by molar-refractivity contribution is 6.18. The van der Waals surface area contributed by atoms with Crippen molar-refractivity contribution in [1.29, 1.82) is 0 Å². The number of halogens is 1. The average Bonchev–Trinajstić information content (AvgIpc) is 2.26. The molecule has 0 radical (unpaired) electrons. The van der Waals surface area contributed by atoms with E-state index in [0.717, 1.165) is 12.3 Å². The van der Waals surface area contributed by atoms with Crippen LogP contribution in [-0.4, -0.2) is 5.88 Å². The lowest BCUT2D eigenvalue weighted by Crippen LogP contribution is -2.15. The fourth-order valence-corrected chi connectivity index (χ4v) is 2.07. The van der Waals surface area contributed by atoms with Gasteiger partial charge in [-0.1, -0.05) is 50.6 Å². The Morgan fingerprint density at radius 2 is 1.86 bits per heavy atom. The molecule has 1 heteroatoms. The molecule has 78 valence electrons. The van der Waals surface area contributed by atoms with E-state index in [0.29, 0.717) is 11.8 Å². The van der Waals surface area contributed by atoms with Crippen LogP contribution in [0.5, 0.6) is 0 Å². The van der Waals surface area contributed by atoms with Crippen molar-refractivity contribution >= 4 is 11.6 Å². The van der Waals surface area contributed by atoms with E-state index in [1.807, 2.05) is 0 Å². The molecule has 0 saturated carbocycles. The van der Waals surface area contributed by atoms with E-state index in [9.17, 15) is 0 Å². The van der Waals surface area contributed by atoms with E-state index >= 15 is 0 Å². The highest BCUT2D eigenvalue weighted by Gasteiger charge is 2.14. The molecule has 14 heavy (non-hydrogen) atoms. The van der Waals surface area contributed by atoms with E-state index in [1.165, 1.54) is 12.0 Å². The zero-order valence-electron chi connectivity index (χ0n) is 9.04. The van der Waals surface area contributed by atoms with E-state index in [-0.39, 0.29) is 0 Å². The molecule has 0 spiro atoms. The quantitative estimate of drug-likeness (QED) is 0.642. The van der Waals surface area contributed by atoms with Gasteiger partial charge >= 0.3 is 0 Å². The molecule has 0 aromatic heterocycles. The molecular weight excluding hydrogens is 192 g/mol. The van der Waals surface area contributed by atoms with Crippen molar-refractivity contribution in [2.45, 2.75) is 26.7 Å². The van der Waals surface area contributed by atoms with Crippen molar-refractivity contribution in [3.05, 3.63) is 35.9 Å². The van der Waals surface area contributed by atoms with E-state index in [4.69, 9.17) is 11.6 Å². The number of alkyl halides is 1. The Kier molecular flexibility index (Phi) is 5.03. The third kappa shape index (κ3) is 3.34. The van der Waals surface area contributed by atoms with Crippen molar-refractivity contribution in [3.63, 3.8) is 0 Å². The first-order valence-electron chi connectivity index (χ1n) is 5.37. The second-order valence-electron chi connectivity index (χ2n) is 3.99. The van der Waals surface area contributed by atoms with Crippen molar-refractivity contribution in [1.82, 2.24) is 0 Å². The summed E-state index contributed by atoms with van der Waals surface area (Å²) in [6.07, 6.45) is 2.32. The van der Waals surface area contributed by atoms with Crippen LogP contribution in [0.4, 0.5) is 0 Å². The highest BCUT2D eigenvalue weighted by atomic mass is 35.5. The molecule has 0 fully saturated rings. The first-order valence-corrected chi connectivity index (χ1v) is 5.91. The fourth-order valence-electron chi connectivity index (χ4n) is 1.66. The summed E-state index contributed by atoms with van der Waals surface area (Å²) in [5.41, 5.74) is 1.40. The van der Waals surface area contributed by atoms with Gasteiger partial charge in [-0.15, -0.1) is 11.6 Å². The summed E-state index contributed by atoms with van der Waals surface area (Å²) in [5, 5.41) is 0. The van der Waals surface area contributed by atoms with Crippen molar-refractivity contribution in [2.24, 2.45) is 11.8 Å². The van der Waals surface area contributed by atoms with Crippen LogP contribution in [0.25, 0.3) is 0 Å². The van der Waals surface area contributed by atoms with Crippen molar-refractivity contribution in [2.75, 3.05) is 5.88 Å². The molecule has 0 aliphatic carbocycles. The maximum atomic E-state index is 5.99. The third-order valence-electron chi connectivity index (χ3n) is 2.99. The van der Waals surface area contributed by atoms with Gasteiger partial charge in [0, 0.05) is 5.88 Å². The molecule has 2 unspecified atom stereocenters. The lowest BCUT2D eigenvalue weighted by molar-refractivity contribution is 0.379. The topological polar surface area (TPSA) is 0 Å². The molecule has 0 bridgehead atoms. The molecule has 0 aliphatic rings. The average molecular weight is 211 g/mol. The lowest BCUT2D eigenvalue weighted by atomic mass is 9.88. The minimum Gasteiger partial charge on any atom is -0.126 e. The van der Waals surface area contributed by atoms with Crippen LogP contribution in [0.15, 0.2) is 30.3 Å². The van der Waals surface area contributed by atoms with Crippen LogP contribution >= 0.6 is 11.6 Å². The van der Waals surface area contributed by atoms with Crippen molar-refractivity contribution in [3.8, 4) is 0 Å². The molecular formula is C13H19Cl. The van der Waals surface area contributed by atoms with Gasteiger partial charge in [-0.05, 0) is 23.8 Å². The standard InChI is InChI=1S/C13H19Cl/c1-3-11(2)13(10-14)9-12-7-5-4-6-8-12/h4-8,11,13H,3,9-10H2,1-2H3. The summed E-state index contributed by atoms with van der Waals surface area (Å²) < 4.78 is 0. The minimum absolute atomic E-state index is 0.615. The van der Waals surface area contributed by atoms with E-state index < -0.39 is 0 Å². The van der Waals surface area contributed by atoms with Crippen LogP contribution in [0.1, 0.15) is 25.8 Å². The van der Waals surface area contributed by atoms with Gasteiger partial charge in [-0.25, -0.2) is 0 Å². The van der Waals surface area contributed by atoms with Gasteiger partial charge in [-0.2, -0.15) is 0 Å². The molecule has 0 heterocycles. The maximum absolute atomic E-state index is 5.99. The van der Waals surface area contributed by atoms with Crippen LogP contribution in [-0.2, 0) is 6.42 Å². The second-order valence-corrected chi connectivity index (χ2v) is 4.30. The zero-order chi connectivity index (χ0) is 10.4. The molecule has 0 aliphatic heterocycles. The van der Waals surface area contributed by atoms with Crippen LogP contribution < -0.4 is 0 Å². The Morgan fingerprint density at radius 1 is 1.21 bits per heavy atom. The zero-order valence-corrected chi connectivity index (χ0v) is 9.80. The summed E-state index contributed by atoms with van der Waals surface area (Å²) >= 11 is 5.99. The van der Waals surface area contributed by atoms with Gasteiger partial charge < -0.3 is 0 Å². The van der Waals surface area contributed by atoms with Crippen LogP contribution in [0.3, 0.4) is 0 Å². The predicted molar refractivity (Wildman–Crippen MR) is 63.8 cm³/mol. The Hall–Kier alpha value is -0.490. The molecule has 0 N–H and O–H groups in total. The van der Waals surface area contributed by atoms with Gasteiger partial charge in [0.05, 0.1) is 0 Å². The minimum atomic E-state index is 0.615. The number of rotatable bonds is 5. The SMILES string of the molecule is CCC(C)C(CCl)Cc1ccccc1. The summed E-state index contributed by atoms with van der Waals surface area (Å²) in [5.74, 6) is 2.10. The Labute approximate surface area is 92.3 Å². The third-order valence-corrected chi connectivity index (χ3v) is 3.38. The predicted octanol–water partition coefficient (Wildman–Crippen LogP) is 4.13. The largest absolute Gasteiger partial charge is 0.126 e.